The zero-order valence-electron chi connectivity index (χ0n) is 23.0. The van der Waals surface area contributed by atoms with E-state index in [1.807, 2.05) is 0 Å². The second-order valence-electron chi connectivity index (χ2n) is 9.22. The number of aliphatic hydroxyl groups excluding tert-OH is 2. The van der Waals surface area contributed by atoms with Crippen molar-refractivity contribution in [1.82, 2.24) is 0 Å². The molecule has 4 aromatic carbocycles. The van der Waals surface area contributed by atoms with Crippen molar-refractivity contribution in [3.8, 4) is 17.2 Å². The summed E-state index contributed by atoms with van der Waals surface area (Å²) in [5.41, 5.74) is 4.64. The number of hydrogen-bond donors (Lipinski definition) is 8. The normalized spacial score (nSPS) is 11.5. The van der Waals surface area contributed by atoms with E-state index >= 15 is 0 Å². The molecule has 0 aromatic heterocycles. The summed E-state index contributed by atoms with van der Waals surface area (Å²) in [5, 5.41) is 59.6. The van der Waals surface area contributed by atoms with Crippen molar-refractivity contribution in [1.29, 1.82) is 0 Å². The van der Waals surface area contributed by atoms with Crippen molar-refractivity contribution in [2.75, 3.05) is 37.5 Å². The van der Waals surface area contributed by atoms with Crippen LogP contribution in [-0.2, 0) is 10.1 Å². The number of fused-ring (bicyclic) bond motifs is 1. The van der Waals surface area contributed by atoms with Gasteiger partial charge in [-0.15, -0.1) is 5.11 Å². The lowest BCUT2D eigenvalue weighted by atomic mass is 10.1. The van der Waals surface area contributed by atoms with Crippen molar-refractivity contribution in [2.24, 2.45) is 10.2 Å². The van der Waals surface area contributed by atoms with E-state index in [9.17, 15) is 48.1 Å². The number of ether oxygens (including phenoxy) is 2. The smallest absolute Gasteiger partial charge is 0.335 e. The number of benzene rings is 4. The van der Waals surface area contributed by atoms with Crippen LogP contribution in [0.2, 0.25) is 0 Å². The maximum absolute atomic E-state index is 12.3. The molecule has 0 aliphatic heterocycles. The van der Waals surface area contributed by atoms with Crippen LogP contribution >= 0.6 is 0 Å². The van der Waals surface area contributed by atoms with Gasteiger partial charge in [0.25, 0.3) is 10.1 Å². The molecule has 0 atom stereocenters. The highest BCUT2D eigenvalue weighted by Gasteiger charge is 2.24. The van der Waals surface area contributed by atoms with E-state index in [0.717, 1.165) is 24.3 Å². The van der Waals surface area contributed by atoms with Gasteiger partial charge in [0, 0.05) is 23.2 Å². The summed E-state index contributed by atoms with van der Waals surface area (Å²) in [6.45, 7) is -1.41. The second-order valence-corrected chi connectivity index (χ2v) is 10.6. The molecule has 9 N–H and O–H groups in total. The molecule has 45 heavy (non-hydrogen) atoms. The Hall–Kier alpha value is -5.49. The quantitative estimate of drug-likeness (QED) is 0.0447. The Labute approximate surface area is 254 Å². The fourth-order valence-corrected chi connectivity index (χ4v) is 4.81. The average molecular weight is 643 g/mol. The molecule has 0 spiro atoms. The zero-order valence-corrected chi connectivity index (χ0v) is 23.9. The van der Waals surface area contributed by atoms with Crippen molar-refractivity contribution in [2.45, 2.75) is 4.90 Å². The molecule has 0 amide bonds. The summed E-state index contributed by atoms with van der Waals surface area (Å²) in [6.07, 6.45) is 0. The Kier molecular flexibility index (Phi) is 9.68. The monoisotopic (exact) mass is 642 g/mol. The summed E-state index contributed by atoms with van der Waals surface area (Å²) in [4.78, 5) is 22.3. The fourth-order valence-electron chi connectivity index (χ4n) is 4.13. The van der Waals surface area contributed by atoms with Crippen LogP contribution in [0.15, 0.2) is 69.7 Å². The summed E-state index contributed by atoms with van der Waals surface area (Å²) in [5.74, 6) is -3.57. The Morgan fingerprint density at radius 3 is 2.04 bits per heavy atom. The number of anilines is 3. The predicted octanol–water partition coefficient (Wildman–Crippen LogP) is 3.67. The highest BCUT2D eigenvalue weighted by Crippen LogP contribution is 2.45. The second kappa shape index (κ2) is 13.4. The van der Waals surface area contributed by atoms with Crippen LogP contribution in [-0.4, -0.2) is 76.9 Å². The van der Waals surface area contributed by atoms with Gasteiger partial charge in [-0.05, 0) is 41.8 Å². The summed E-state index contributed by atoms with van der Waals surface area (Å²) in [7, 11) is -4.91. The van der Waals surface area contributed by atoms with Crippen LogP contribution in [0.4, 0.5) is 28.4 Å². The number of nitrogens with two attached hydrogens (primary N) is 1. The Morgan fingerprint density at radius 1 is 0.844 bits per heavy atom. The third-order valence-corrected chi connectivity index (χ3v) is 6.96. The molecule has 17 heteroatoms. The number of carbonyl (C=O) groups is 2. The first kappa shape index (κ1) is 32.4. The van der Waals surface area contributed by atoms with Gasteiger partial charge in [-0.3, -0.25) is 4.55 Å². The van der Waals surface area contributed by atoms with Gasteiger partial charge in [0.05, 0.1) is 35.7 Å². The third kappa shape index (κ3) is 7.54. The predicted molar refractivity (Wildman–Crippen MR) is 159 cm³/mol. The highest BCUT2D eigenvalue weighted by atomic mass is 32.2. The molecule has 0 aliphatic carbocycles. The van der Waals surface area contributed by atoms with E-state index in [-0.39, 0.29) is 69.4 Å². The van der Waals surface area contributed by atoms with Crippen molar-refractivity contribution in [3.63, 3.8) is 0 Å². The number of nitrogens with zero attached hydrogens (tertiary/aromatic N) is 2. The van der Waals surface area contributed by atoms with Crippen LogP contribution in [0.3, 0.4) is 0 Å². The van der Waals surface area contributed by atoms with Gasteiger partial charge in [0.1, 0.15) is 46.7 Å². The van der Waals surface area contributed by atoms with Crippen molar-refractivity contribution in [3.05, 3.63) is 65.7 Å². The Bertz CT molecular complexity index is 1900. The van der Waals surface area contributed by atoms with Gasteiger partial charge in [0.2, 0.25) is 0 Å². The van der Waals surface area contributed by atoms with Gasteiger partial charge in [-0.1, -0.05) is 6.07 Å². The van der Waals surface area contributed by atoms with Crippen LogP contribution < -0.4 is 20.5 Å². The lowest BCUT2D eigenvalue weighted by molar-refractivity contribution is 0.0696. The molecule has 16 nitrogen and oxygen atoms in total. The number of rotatable bonds is 13. The zero-order chi connectivity index (χ0) is 32.9. The number of aromatic hydroxyl groups is 1. The number of carboxylic acid groups (broad SMARTS) is 2. The maximum Gasteiger partial charge on any atom is 0.335 e. The SMILES string of the molecule is Nc1ccc2cc(S(=O)(=O)O)c(Nc3cc(OCCO)c(N=Nc4cc(C(=O)O)cc(C(=O)O)c4)cc3OCCO)c(O)c2c1. The molecule has 0 aliphatic rings. The highest BCUT2D eigenvalue weighted by molar-refractivity contribution is 7.86. The van der Waals surface area contributed by atoms with Gasteiger partial charge in [-0.25, -0.2) is 9.59 Å². The van der Waals surface area contributed by atoms with Crippen LogP contribution in [0.5, 0.6) is 17.2 Å². The summed E-state index contributed by atoms with van der Waals surface area (Å²) in [6, 6.07) is 11.0. The number of nitrogen functional groups attached to an aromatic ring is 1. The van der Waals surface area contributed by atoms with Crippen LogP contribution in [0, 0.1) is 0 Å². The number of hydrogen-bond acceptors (Lipinski definition) is 13. The molecular weight excluding hydrogens is 616 g/mol. The fraction of sp³-hybridized carbons (Fsp3) is 0.143. The van der Waals surface area contributed by atoms with Gasteiger partial charge in [0.15, 0.2) is 0 Å². The first-order chi connectivity index (χ1) is 21.3. The molecule has 4 rings (SSSR count). The molecule has 0 heterocycles. The van der Waals surface area contributed by atoms with Crippen LogP contribution in [0.1, 0.15) is 20.7 Å². The van der Waals surface area contributed by atoms with E-state index in [1.54, 1.807) is 0 Å². The van der Waals surface area contributed by atoms with E-state index in [2.05, 4.69) is 15.5 Å². The lowest BCUT2D eigenvalue weighted by Gasteiger charge is -2.19. The number of phenolic OH excluding ortho intramolecular Hbond substituents is 1. The molecule has 0 saturated heterocycles. The molecule has 4 aromatic rings. The van der Waals surface area contributed by atoms with Crippen molar-refractivity contribution < 1.29 is 57.6 Å². The molecule has 0 fully saturated rings. The van der Waals surface area contributed by atoms with E-state index in [1.165, 1.54) is 30.3 Å². The molecule has 0 saturated carbocycles. The molecule has 236 valence electrons. The first-order valence-corrected chi connectivity index (χ1v) is 14.2. The standard InChI is InChI=1S/C28H26N4O12S/c29-17-2-1-14-10-24(45(40,41)42)25(26(35)19(14)11-17)30-20-12-23(44-6-4-34)21(13-22(20)43-5-3-33)32-31-18-8-15(27(36)37)7-16(9-18)28(38)39/h1-2,7-13,30,33-35H,3-6,29H2,(H,36,37)(H,38,39)(H,40,41,42). The number of nitrogens with one attached hydrogen (secondary N) is 1. The topological polar surface area (TPSA) is 271 Å². The first-order valence-electron chi connectivity index (χ1n) is 12.8. The van der Waals surface area contributed by atoms with Gasteiger partial charge >= 0.3 is 11.9 Å². The van der Waals surface area contributed by atoms with Crippen molar-refractivity contribution >= 4 is 61.3 Å². The molecule has 0 radical (unpaired) electrons. The number of azo groups is 1. The Morgan fingerprint density at radius 2 is 1.47 bits per heavy atom. The number of phenols is 1. The van der Waals surface area contributed by atoms with E-state index in [0.29, 0.717) is 0 Å². The number of aliphatic hydroxyl groups is 2. The van der Waals surface area contributed by atoms with Crippen LogP contribution in [0.25, 0.3) is 10.8 Å². The largest absolute Gasteiger partial charge is 0.505 e. The van der Waals surface area contributed by atoms with Gasteiger partial charge < -0.3 is 46.1 Å². The molecular formula is C28H26N4O12S. The molecule has 0 bridgehead atoms. The number of aromatic carboxylic acids is 2. The lowest BCUT2D eigenvalue weighted by Crippen LogP contribution is -2.08. The summed E-state index contributed by atoms with van der Waals surface area (Å²) >= 11 is 0. The average Bonchev–Trinajstić information content (AvgIpc) is 2.99. The van der Waals surface area contributed by atoms with Gasteiger partial charge in [-0.2, -0.15) is 13.5 Å². The maximum atomic E-state index is 12.3. The minimum Gasteiger partial charge on any atom is -0.505 e. The minimum atomic E-state index is -4.91. The third-order valence-electron chi connectivity index (χ3n) is 6.08. The Balaban J connectivity index is 1.89. The van der Waals surface area contributed by atoms with E-state index in [4.69, 9.17) is 15.2 Å². The minimum absolute atomic E-state index is 0.0557. The number of carboxylic acids is 2. The molecule has 0 unspecified atom stereocenters. The summed E-state index contributed by atoms with van der Waals surface area (Å²) < 4.78 is 45.8. The van der Waals surface area contributed by atoms with E-state index < -0.39 is 51.6 Å².